The zero-order valence-corrected chi connectivity index (χ0v) is 12.4. The number of halogens is 2. The molecule has 0 heterocycles. The lowest BCUT2D eigenvalue weighted by atomic mass is 9.95. The van der Waals surface area contributed by atoms with Crippen molar-refractivity contribution in [3.63, 3.8) is 0 Å². The number of hydrogen-bond donors (Lipinski definition) is 1. The van der Waals surface area contributed by atoms with Crippen molar-refractivity contribution in [2.24, 2.45) is 0 Å². The molecule has 0 saturated heterocycles. The fourth-order valence-electron chi connectivity index (χ4n) is 1.51. The van der Waals surface area contributed by atoms with Crippen LogP contribution in [0.5, 0.6) is 0 Å². The highest BCUT2D eigenvalue weighted by Crippen LogP contribution is 2.17. The zero-order chi connectivity index (χ0) is 12.9. The molecule has 1 N–H and O–H groups in total. The molecule has 0 aliphatic rings. The van der Waals surface area contributed by atoms with Gasteiger partial charge >= 0.3 is 0 Å². The van der Waals surface area contributed by atoms with Gasteiger partial charge in [-0.15, -0.1) is 0 Å². The second kappa shape index (κ2) is 6.41. The molecule has 0 aliphatic carbocycles. The van der Waals surface area contributed by atoms with Crippen LogP contribution in [0.1, 0.15) is 37.0 Å². The van der Waals surface area contributed by atoms with E-state index in [1.54, 1.807) is 24.3 Å². The number of benzene rings is 1. The van der Waals surface area contributed by atoms with E-state index in [-0.39, 0.29) is 11.4 Å². The third-order valence-corrected chi connectivity index (χ3v) is 3.56. The molecule has 17 heavy (non-hydrogen) atoms. The van der Waals surface area contributed by atoms with E-state index in [0.29, 0.717) is 10.6 Å². The van der Waals surface area contributed by atoms with Crippen LogP contribution in [0.15, 0.2) is 24.3 Å². The fourth-order valence-corrected chi connectivity index (χ4v) is 2.58. The molecule has 1 atom stereocenters. The Kier molecular flexibility index (Phi) is 5.47. The molecule has 2 nitrogen and oxygen atoms in total. The van der Waals surface area contributed by atoms with Crippen LogP contribution >= 0.6 is 27.5 Å². The van der Waals surface area contributed by atoms with Crippen molar-refractivity contribution in [1.29, 1.82) is 0 Å². The second-order valence-corrected chi connectivity index (χ2v) is 5.55. The second-order valence-electron chi connectivity index (χ2n) is 4.32. The fraction of sp³-hybridized carbons (Fsp3) is 0.462. The molecule has 1 amide bonds. The van der Waals surface area contributed by atoms with Crippen molar-refractivity contribution in [3.8, 4) is 0 Å². The maximum Gasteiger partial charge on any atom is 0.251 e. The topological polar surface area (TPSA) is 29.1 Å². The summed E-state index contributed by atoms with van der Waals surface area (Å²) in [6, 6.07) is 6.99. The minimum absolute atomic E-state index is 0.0715. The summed E-state index contributed by atoms with van der Waals surface area (Å²) < 4.78 is 0. The molecular formula is C13H17BrClNO. The molecule has 0 saturated carbocycles. The van der Waals surface area contributed by atoms with E-state index in [4.69, 9.17) is 11.6 Å². The van der Waals surface area contributed by atoms with Crippen LogP contribution < -0.4 is 5.32 Å². The number of alkyl halides is 1. The van der Waals surface area contributed by atoms with Gasteiger partial charge in [-0.25, -0.2) is 0 Å². The van der Waals surface area contributed by atoms with Gasteiger partial charge in [0.2, 0.25) is 0 Å². The molecule has 1 aromatic rings. The van der Waals surface area contributed by atoms with Crippen molar-refractivity contribution >= 4 is 33.4 Å². The van der Waals surface area contributed by atoms with Crippen molar-refractivity contribution in [2.45, 2.75) is 32.2 Å². The largest absolute Gasteiger partial charge is 0.347 e. The summed E-state index contributed by atoms with van der Waals surface area (Å²) in [6.45, 7) is 4.12. The van der Waals surface area contributed by atoms with Gasteiger partial charge in [-0.1, -0.05) is 40.5 Å². The van der Waals surface area contributed by atoms with Crippen LogP contribution in [0.25, 0.3) is 0 Å². The molecule has 0 fully saturated rings. The van der Waals surface area contributed by atoms with E-state index in [1.165, 1.54) is 0 Å². The standard InChI is InChI=1S/C13H17BrClNO/c1-3-13(2,7-8-14)16-12(17)10-5-4-6-11(15)9-10/h4-6,9H,3,7-8H2,1-2H3,(H,16,17). The number of carbonyl (C=O) groups is 1. The Labute approximate surface area is 116 Å². The first-order chi connectivity index (χ1) is 8.00. The van der Waals surface area contributed by atoms with Crippen LogP contribution in [0.4, 0.5) is 0 Å². The maximum atomic E-state index is 12.1. The van der Waals surface area contributed by atoms with Crippen LogP contribution in [-0.4, -0.2) is 16.8 Å². The van der Waals surface area contributed by atoms with Crippen molar-refractivity contribution in [1.82, 2.24) is 5.32 Å². The number of rotatable bonds is 5. The average molecular weight is 319 g/mol. The van der Waals surface area contributed by atoms with Crippen molar-refractivity contribution in [2.75, 3.05) is 5.33 Å². The molecule has 0 radical (unpaired) electrons. The minimum atomic E-state index is -0.178. The molecule has 1 aromatic carbocycles. The average Bonchev–Trinajstić information content (AvgIpc) is 2.29. The first-order valence-corrected chi connectivity index (χ1v) is 7.15. The van der Waals surface area contributed by atoms with Gasteiger partial charge in [0.1, 0.15) is 0 Å². The van der Waals surface area contributed by atoms with Gasteiger partial charge < -0.3 is 5.32 Å². The Bertz CT molecular complexity index is 397. The van der Waals surface area contributed by atoms with E-state index in [1.807, 2.05) is 0 Å². The minimum Gasteiger partial charge on any atom is -0.347 e. The smallest absolute Gasteiger partial charge is 0.251 e. The molecule has 1 unspecified atom stereocenters. The Morgan fingerprint density at radius 1 is 1.53 bits per heavy atom. The summed E-state index contributed by atoms with van der Waals surface area (Å²) >= 11 is 9.28. The maximum absolute atomic E-state index is 12.1. The lowest BCUT2D eigenvalue weighted by molar-refractivity contribution is 0.0902. The zero-order valence-electron chi connectivity index (χ0n) is 10.1. The molecule has 0 bridgehead atoms. The predicted molar refractivity (Wildman–Crippen MR) is 76.0 cm³/mol. The molecule has 0 spiro atoms. The van der Waals surface area contributed by atoms with Crippen molar-refractivity contribution in [3.05, 3.63) is 34.9 Å². The first-order valence-electron chi connectivity index (χ1n) is 5.65. The van der Waals surface area contributed by atoms with Gasteiger partial charge in [0.15, 0.2) is 0 Å². The molecule has 1 rings (SSSR count). The summed E-state index contributed by atoms with van der Waals surface area (Å²) in [5.74, 6) is -0.0715. The highest BCUT2D eigenvalue weighted by atomic mass is 79.9. The molecular weight excluding hydrogens is 302 g/mol. The van der Waals surface area contributed by atoms with Gasteiger partial charge in [-0.05, 0) is 38.0 Å². The lowest BCUT2D eigenvalue weighted by Gasteiger charge is -2.29. The third-order valence-electron chi connectivity index (χ3n) is 2.93. The number of hydrogen-bond acceptors (Lipinski definition) is 1. The van der Waals surface area contributed by atoms with E-state index in [0.717, 1.165) is 18.2 Å². The van der Waals surface area contributed by atoms with E-state index < -0.39 is 0 Å². The molecule has 94 valence electrons. The SMILES string of the molecule is CCC(C)(CCBr)NC(=O)c1cccc(Cl)c1. The van der Waals surface area contributed by atoms with Crippen LogP contribution in [0, 0.1) is 0 Å². The molecule has 4 heteroatoms. The highest BCUT2D eigenvalue weighted by Gasteiger charge is 2.23. The summed E-state index contributed by atoms with van der Waals surface area (Å²) in [5, 5.41) is 4.51. The normalized spacial score (nSPS) is 14.1. The summed E-state index contributed by atoms with van der Waals surface area (Å²) in [7, 11) is 0. The number of amides is 1. The number of carbonyl (C=O) groups excluding carboxylic acids is 1. The number of nitrogens with one attached hydrogen (secondary N) is 1. The van der Waals surface area contributed by atoms with E-state index in [9.17, 15) is 4.79 Å². The summed E-state index contributed by atoms with van der Waals surface area (Å²) in [5.41, 5.74) is 0.426. The lowest BCUT2D eigenvalue weighted by Crippen LogP contribution is -2.45. The Balaban J connectivity index is 2.77. The van der Waals surface area contributed by atoms with Gasteiger partial charge in [-0.3, -0.25) is 4.79 Å². The van der Waals surface area contributed by atoms with Crippen molar-refractivity contribution < 1.29 is 4.79 Å². The van der Waals surface area contributed by atoms with E-state index >= 15 is 0 Å². The Morgan fingerprint density at radius 2 is 2.24 bits per heavy atom. The third kappa shape index (κ3) is 4.32. The summed E-state index contributed by atoms with van der Waals surface area (Å²) in [6.07, 6.45) is 1.79. The van der Waals surface area contributed by atoms with Crippen LogP contribution in [-0.2, 0) is 0 Å². The molecule has 0 aromatic heterocycles. The molecule has 0 aliphatic heterocycles. The van der Waals surface area contributed by atoms with Gasteiger partial charge in [0.25, 0.3) is 5.91 Å². The highest BCUT2D eigenvalue weighted by molar-refractivity contribution is 9.09. The van der Waals surface area contributed by atoms with Gasteiger partial charge in [-0.2, -0.15) is 0 Å². The Morgan fingerprint density at radius 3 is 2.76 bits per heavy atom. The van der Waals surface area contributed by atoms with Crippen LogP contribution in [0.3, 0.4) is 0 Å². The van der Waals surface area contributed by atoms with Gasteiger partial charge in [0, 0.05) is 21.5 Å². The van der Waals surface area contributed by atoms with Crippen LogP contribution in [0.2, 0.25) is 5.02 Å². The van der Waals surface area contributed by atoms with Gasteiger partial charge in [0.05, 0.1) is 0 Å². The quantitative estimate of drug-likeness (QED) is 0.816. The first kappa shape index (κ1) is 14.5. The van der Waals surface area contributed by atoms with E-state index in [2.05, 4.69) is 35.1 Å². The monoisotopic (exact) mass is 317 g/mol. The summed E-state index contributed by atoms with van der Waals surface area (Å²) in [4.78, 5) is 12.1. The Hall–Kier alpha value is -0.540. The predicted octanol–water partition coefficient (Wildman–Crippen LogP) is 4.02.